The number of anilines is 1. The minimum absolute atomic E-state index is 0.0739. The number of morpholine rings is 1. The van der Waals surface area contributed by atoms with Crippen molar-refractivity contribution in [3.8, 4) is 11.3 Å². The second-order valence-corrected chi connectivity index (χ2v) is 6.70. The van der Waals surface area contributed by atoms with Gasteiger partial charge in [-0.15, -0.1) is 0 Å². The molecule has 0 amide bonds. The highest BCUT2D eigenvalue weighted by molar-refractivity contribution is 5.99. The quantitative estimate of drug-likeness (QED) is 0.735. The third-order valence-corrected chi connectivity index (χ3v) is 4.38. The third kappa shape index (κ3) is 4.42. The first-order valence-electron chi connectivity index (χ1n) is 8.94. The summed E-state index contributed by atoms with van der Waals surface area (Å²) in [6.07, 6.45) is 1.37. The zero-order valence-electron chi connectivity index (χ0n) is 15.1. The van der Waals surface area contributed by atoms with Gasteiger partial charge in [-0.05, 0) is 20.3 Å². The first kappa shape index (κ1) is 18.4. The Hall–Kier alpha value is -2.38. The summed E-state index contributed by atoms with van der Waals surface area (Å²) in [5.74, 6) is -0.500. The first-order chi connectivity index (χ1) is 12.5. The normalized spacial score (nSPS) is 20.8. The Bertz CT molecular complexity index is 722. The molecule has 0 aliphatic carbocycles. The van der Waals surface area contributed by atoms with Gasteiger partial charge in [-0.3, -0.25) is 4.90 Å². The summed E-state index contributed by atoms with van der Waals surface area (Å²) in [4.78, 5) is 14.0. The van der Waals surface area contributed by atoms with E-state index in [1.165, 1.54) is 0 Å². The Labute approximate surface area is 152 Å². The number of carbonyl (C=O) groups is 1. The zero-order valence-corrected chi connectivity index (χ0v) is 15.1. The third-order valence-electron chi connectivity index (χ3n) is 4.38. The van der Waals surface area contributed by atoms with Gasteiger partial charge in [0.1, 0.15) is 0 Å². The molecule has 0 saturated carbocycles. The van der Waals surface area contributed by atoms with Crippen LogP contribution in [-0.2, 0) is 4.74 Å². The Morgan fingerprint density at radius 2 is 1.96 bits per heavy atom. The molecule has 1 fully saturated rings. The standard InChI is InChI=1S/C19H25N3O4/c1-13-11-22(12-14(2)25-13)10-6-9-20-18-16(19(23)24)17(26-21-18)15-7-4-3-5-8-15/h3-5,7-8,13-14H,6,9-12H2,1-2H3,(H,20,21)(H,23,24)/t13-,14+. The average Bonchev–Trinajstić information content (AvgIpc) is 3.03. The van der Waals surface area contributed by atoms with Crippen LogP contribution in [0.4, 0.5) is 5.82 Å². The number of rotatable bonds is 7. The maximum Gasteiger partial charge on any atom is 0.343 e. The molecule has 0 bridgehead atoms. The molecule has 0 unspecified atom stereocenters. The highest BCUT2D eigenvalue weighted by atomic mass is 16.5. The molecule has 26 heavy (non-hydrogen) atoms. The van der Waals surface area contributed by atoms with Crippen LogP contribution in [0.3, 0.4) is 0 Å². The van der Waals surface area contributed by atoms with E-state index in [4.69, 9.17) is 9.26 Å². The van der Waals surface area contributed by atoms with Gasteiger partial charge >= 0.3 is 5.97 Å². The molecule has 3 rings (SSSR count). The Balaban J connectivity index is 1.58. The lowest BCUT2D eigenvalue weighted by Crippen LogP contribution is -2.45. The SMILES string of the molecule is C[C@@H]1CN(CCCNc2noc(-c3ccccc3)c2C(=O)O)C[C@H](C)O1. The topological polar surface area (TPSA) is 87.8 Å². The van der Waals surface area contributed by atoms with Gasteiger partial charge in [0.05, 0.1) is 12.2 Å². The van der Waals surface area contributed by atoms with Crippen LogP contribution in [0.25, 0.3) is 11.3 Å². The van der Waals surface area contributed by atoms with Gasteiger partial charge in [-0.2, -0.15) is 0 Å². The first-order valence-corrected chi connectivity index (χ1v) is 8.94. The van der Waals surface area contributed by atoms with Crippen molar-refractivity contribution in [2.24, 2.45) is 0 Å². The number of hydrogen-bond acceptors (Lipinski definition) is 6. The minimum atomic E-state index is -1.05. The summed E-state index contributed by atoms with van der Waals surface area (Å²) < 4.78 is 11.0. The number of benzene rings is 1. The van der Waals surface area contributed by atoms with Crippen LogP contribution in [0.15, 0.2) is 34.9 Å². The van der Waals surface area contributed by atoms with Gasteiger partial charge in [-0.25, -0.2) is 4.79 Å². The molecular weight excluding hydrogens is 334 g/mol. The second-order valence-electron chi connectivity index (χ2n) is 6.70. The highest BCUT2D eigenvalue weighted by Crippen LogP contribution is 2.29. The lowest BCUT2D eigenvalue weighted by atomic mass is 10.1. The van der Waals surface area contributed by atoms with Crippen LogP contribution in [0.1, 0.15) is 30.6 Å². The van der Waals surface area contributed by atoms with E-state index >= 15 is 0 Å². The zero-order chi connectivity index (χ0) is 18.5. The summed E-state index contributed by atoms with van der Waals surface area (Å²) in [5, 5.41) is 16.6. The largest absolute Gasteiger partial charge is 0.477 e. The van der Waals surface area contributed by atoms with Crippen molar-refractivity contribution >= 4 is 11.8 Å². The van der Waals surface area contributed by atoms with Gasteiger partial charge in [0.25, 0.3) is 0 Å². The van der Waals surface area contributed by atoms with Crippen molar-refractivity contribution in [3.05, 3.63) is 35.9 Å². The van der Waals surface area contributed by atoms with Gasteiger partial charge in [0.15, 0.2) is 17.1 Å². The number of ether oxygens (including phenoxy) is 1. The Morgan fingerprint density at radius 3 is 2.62 bits per heavy atom. The van der Waals surface area contributed by atoms with E-state index < -0.39 is 5.97 Å². The summed E-state index contributed by atoms with van der Waals surface area (Å²) in [6, 6.07) is 9.14. The molecule has 1 aromatic carbocycles. The van der Waals surface area contributed by atoms with Crippen LogP contribution >= 0.6 is 0 Å². The Morgan fingerprint density at radius 1 is 1.27 bits per heavy atom. The maximum absolute atomic E-state index is 11.7. The predicted octanol–water partition coefficient (Wildman–Crippen LogP) is 2.95. The molecule has 2 heterocycles. The van der Waals surface area contributed by atoms with Crippen molar-refractivity contribution in [2.45, 2.75) is 32.5 Å². The van der Waals surface area contributed by atoms with Crippen molar-refractivity contribution in [2.75, 3.05) is 31.5 Å². The number of aromatic nitrogens is 1. The molecule has 2 atom stereocenters. The molecule has 140 valence electrons. The highest BCUT2D eigenvalue weighted by Gasteiger charge is 2.24. The Kier molecular flexibility index (Phi) is 5.90. The van der Waals surface area contributed by atoms with Gasteiger partial charge < -0.3 is 19.7 Å². The van der Waals surface area contributed by atoms with Gasteiger partial charge in [-0.1, -0.05) is 35.5 Å². The van der Waals surface area contributed by atoms with E-state index in [0.717, 1.165) is 26.1 Å². The van der Waals surface area contributed by atoms with E-state index in [0.29, 0.717) is 12.1 Å². The van der Waals surface area contributed by atoms with Gasteiger partial charge in [0.2, 0.25) is 0 Å². The van der Waals surface area contributed by atoms with E-state index in [9.17, 15) is 9.90 Å². The molecule has 1 aliphatic heterocycles. The van der Waals surface area contributed by atoms with E-state index in [2.05, 4.69) is 29.2 Å². The summed E-state index contributed by atoms with van der Waals surface area (Å²) >= 11 is 0. The van der Waals surface area contributed by atoms with Crippen LogP contribution in [0, 0.1) is 0 Å². The van der Waals surface area contributed by atoms with E-state index in [1.54, 1.807) is 12.1 Å². The number of nitrogens with zero attached hydrogens (tertiary/aromatic N) is 2. The van der Waals surface area contributed by atoms with Crippen molar-refractivity contribution < 1.29 is 19.2 Å². The minimum Gasteiger partial charge on any atom is -0.477 e. The monoisotopic (exact) mass is 359 g/mol. The molecule has 2 N–H and O–H groups in total. The number of aromatic carboxylic acids is 1. The number of carboxylic acids is 1. The van der Waals surface area contributed by atoms with E-state index in [1.807, 2.05) is 18.2 Å². The number of nitrogens with one attached hydrogen (secondary N) is 1. The molecule has 0 spiro atoms. The second kappa shape index (κ2) is 8.33. The maximum atomic E-state index is 11.7. The van der Waals surface area contributed by atoms with Crippen LogP contribution in [0.2, 0.25) is 0 Å². The smallest absolute Gasteiger partial charge is 0.343 e. The summed E-state index contributed by atoms with van der Waals surface area (Å²) in [6.45, 7) is 7.57. The molecule has 2 aromatic rings. The molecule has 1 aliphatic rings. The molecular formula is C19H25N3O4. The fraction of sp³-hybridized carbons (Fsp3) is 0.474. The number of hydrogen-bond donors (Lipinski definition) is 2. The van der Waals surface area contributed by atoms with Crippen LogP contribution in [0.5, 0.6) is 0 Å². The van der Waals surface area contributed by atoms with E-state index in [-0.39, 0.29) is 29.3 Å². The number of carboxylic acid groups (broad SMARTS) is 1. The molecule has 1 aromatic heterocycles. The summed E-state index contributed by atoms with van der Waals surface area (Å²) in [7, 11) is 0. The molecule has 7 heteroatoms. The van der Waals surface area contributed by atoms with Gasteiger partial charge in [0, 0.05) is 31.7 Å². The fourth-order valence-electron chi connectivity index (χ4n) is 3.37. The van der Waals surface area contributed by atoms with Crippen molar-refractivity contribution in [3.63, 3.8) is 0 Å². The summed E-state index contributed by atoms with van der Waals surface area (Å²) in [5.41, 5.74) is 0.770. The predicted molar refractivity (Wildman–Crippen MR) is 98.5 cm³/mol. The lowest BCUT2D eigenvalue weighted by Gasteiger charge is -2.35. The van der Waals surface area contributed by atoms with Crippen LogP contribution < -0.4 is 5.32 Å². The average molecular weight is 359 g/mol. The fourth-order valence-corrected chi connectivity index (χ4v) is 3.37. The molecule has 1 saturated heterocycles. The lowest BCUT2D eigenvalue weighted by molar-refractivity contribution is -0.0678. The van der Waals surface area contributed by atoms with Crippen LogP contribution in [-0.4, -0.2) is 59.5 Å². The molecule has 0 radical (unpaired) electrons. The van der Waals surface area contributed by atoms with Crippen molar-refractivity contribution in [1.29, 1.82) is 0 Å². The van der Waals surface area contributed by atoms with Crippen molar-refractivity contribution in [1.82, 2.24) is 10.1 Å². The molecule has 7 nitrogen and oxygen atoms in total.